The minimum atomic E-state index is 0.255. The van der Waals surface area contributed by atoms with Gasteiger partial charge >= 0.3 is 0 Å². The van der Waals surface area contributed by atoms with Gasteiger partial charge in [-0.05, 0) is 30.4 Å². The molecule has 0 saturated carbocycles. The Hall–Kier alpha value is -1.82. The largest absolute Gasteiger partial charge is 0.486 e. The summed E-state index contributed by atoms with van der Waals surface area (Å²) in [4.78, 5) is 0.255. The fourth-order valence-corrected chi connectivity index (χ4v) is 1.65. The highest BCUT2D eigenvalue weighted by Gasteiger charge is 2.14. The fourth-order valence-electron chi connectivity index (χ4n) is 1.53. The van der Waals surface area contributed by atoms with Crippen LogP contribution in [-0.4, -0.2) is 23.4 Å². The molecular weight excluding hydrogens is 228 g/mol. The molecular formula is C10H8N2O3S. The number of ether oxygens (including phenoxy) is 2. The second-order valence-electron chi connectivity index (χ2n) is 3.28. The normalized spacial score (nSPS) is 13.8. The van der Waals surface area contributed by atoms with Gasteiger partial charge in [-0.25, -0.2) is 5.10 Å². The number of fused-ring (bicyclic) bond motifs is 1. The van der Waals surface area contributed by atoms with Crippen LogP contribution in [0.15, 0.2) is 22.6 Å². The van der Waals surface area contributed by atoms with E-state index in [1.54, 1.807) is 0 Å². The minimum absolute atomic E-state index is 0.255. The second-order valence-corrected chi connectivity index (χ2v) is 3.65. The maximum absolute atomic E-state index is 5.46. The first-order valence-electron chi connectivity index (χ1n) is 4.78. The highest BCUT2D eigenvalue weighted by Crippen LogP contribution is 2.33. The molecule has 6 heteroatoms. The van der Waals surface area contributed by atoms with Crippen LogP contribution < -0.4 is 9.47 Å². The van der Waals surface area contributed by atoms with Gasteiger partial charge in [0.1, 0.15) is 13.2 Å². The summed E-state index contributed by atoms with van der Waals surface area (Å²) in [5.74, 6) is 1.89. The summed E-state index contributed by atoms with van der Waals surface area (Å²) in [6.07, 6.45) is 0. The molecule has 1 N–H and O–H groups in total. The van der Waals surface area contributed by atoms with Crippen LogP contribution in [0.4, 0.5) is 0 Å². The molecule has 1 aliphatic rings. The third-order valence-corrected chi connectivity index (χ3v) is 2.40. The van der Waals surface area contributed by atoms with Crippen molar-refractivity contribution in [2.45, 2.75) is 0 Å². The number of aromatic nitrogens is 2. The van der Waals surface area contributed by atoms with Gasteiger partial charge < -0.3 is 13.9 Å². The molecule has 0 radical (unpaired) electrons. The van der Waals surface area contributed by atoms with Gasteiger partial charge in [0.25, 0.3) is 4.84 Å². The van der Waals surface area contributed by atoms with E-state index < -0.39 is 0 Å². The summed E-state index contributed by atoms with van der Waals surface area (Å²) in [7, 11) is 0. The molecule has 2 heterocycles. The Morgan fingerprint density at radius 1 is 1.19 bits per heavy atom. The highest BCUT2D eigenvalue weighted by atomic mass is 32.1. The number of benzene rings is 1. The van der Waals surface area contributed by atoms with Crippen LogP contribution in [-0.2, 0) is 0 Å². The molecule has 2 aromatic rings. The number of H-pyrrole nitrogens is 1. The summed E-state index contributed by atoms with van der Waals surface area (Å²) in [5, 5.41) is 6.52. The average Bonchev–Trinajstić information content (AvgIpc) is 2.75. The molecule has 0 atom stereocenters. The first-order valence-corrected chi connectivity index (χ1v) is 5.19. The molecule has 0 fully saturated rings. The lowest BCUT2D eigenvalue weighted by Crippen LogP contribution is -2.15. The molecule has 0 bridgehead atoms. The molecule has 0 amide bonds. The van der Waals surface area contributed by atoms with Crippen molar-refractivity contribution in [3.8, 4) is 23.0 Å². The number of hydrogen-bond donors (Lipinski definition) is 1. The van der Waals surface area contributed by atoms with Crippen LogP contribution in [0.3, 0.4) is 0 Å². The fraction of sp³-hybridized carbons (Fsp3) is 0.200. The summed E-state index contributed by atoms with van der Waals surface area (Å²) >= 11 is 4.81. The van der Waals surface area contributed by atoms with Gasteiger partial charge in [-0.3, -0.25) is 0 Å². The number of nitrogens with zero attached hydrogens (tertiary/aromatic N) is 1. The molecule has 5 nitrogen and oxygen atoms in total. The predicted octanol–water partition coefficient (Wildman–Crippen LogP) is 2.17. The third kappa shape index (κ3) is 1.57. The van der Waals surface area contributed by atoms with Crippen LogP contribution >= 0.6 is 12.2 Å². The molecule has 0 aliphatic carbocycles. The molecule has 3 rings (SSSR count). The summed E-state index contributed by atoms with van der Waals surface area (Å²) < 4.78 is 16.1. The zero-order chi connectivity index (χ0) is 11.0. The van der Waals surface area contributed by atoms with E-state index in [0.717, 1.165) is 11.3 Å². The van der Waals surface area contributed by atoms with Crippen molar-refractivity contribution in [1.29, 1.82) is 0 Å². The van der Waals surface area contributed by atoms with E-state index >= 15 is 0 Å². The van der Waals surface area contributed by atoms with Crippen LogP contribution in [0.5, 0.6) is 11.5 Å². The Morgan fingerprint density at radius 2 is 2.00 bits per heavy atom. The van der Waals surface area contributed by atoms with Crippen molar-refractivity contribution in [3.63, 3.8) is 0 Å². The van der Waals surface area contributed by atoms with E-state index in [-0.39, 0.29) is 4.84 Å². The number of nitrogens with one attached hydrogen (secondary N) is 1. The molecule has 0 spiro atoms. The van der Waals surface area contributed by atoms with Gasteiger partial charge in [0.2, 0.25) is 5.89 Å². The second kappa shape index (κ2) is 3.64. The van der Waals surface area contributed by atoms with E-state index in [9.17, 15) is 0 Å². The minimum Gasteiger partial charge on any atom is -0.486 e. The van der Waals surface area contributed by atoms with Gasteiger partial charge in [0.05, 0.1) is 0 Å². The molecule has 1 aliphatic heterocycles. The third-order valence-electron chi connectivity index (χ3n) is 2.23. The summed E-state index contributed by atoms with van der Waals surface area (Å²) in [5.41, 5.74) is 0.802. The van der Waals surface area contributed by atoms with E-state index in [1.165, 1.54) is 0 Å². The van der Waals surface area contributed by atoms with Crippen LogP contribution in [0.2, 0.25) is 0 Å². The van der Waals surface area contributed by atoms with Gasteiger partial charge in [0, 0.05) is 5.56 Å². The maximum atomic E-state index is 5.46. The van der Waals surface area contributed by atoms with Gasteiger partial charge in [-0.15, -0.1) is 5.10 Å². The SMILES string of the molecule is S=c1[nH]nc(-c2ccc3c(c2)OCCO3)o1. The Bertz CT molecular complexity index is 575. The zero-order valence-corrected chi connectivity index (χ0v) is 9.04. The molecule has 82 valence electrons. The van der Waals surface area contributed by atoms with E-state index in [4.69, 9.17) is 26.1 Å². The van der Waals surface area contributed by atoms with Crippen molar-refractivity contribution in [3.05, 3.63) is 23.0 Å². The van der Waals surface area contributed by atoms with Crippen molar-refractivity contribution in [2.24, 2.45) is 0 Å². The van der Waals surface area contributed by atoms with Crippen LogP contribution in [0.25, 0.3) is 11.5 Å². The monoisotopic (exact) mass is 236 g/mol. The van der Waals surface area contributed by atoms with E-state index in [1.807, 2.05) is 18.2 Å². The van der Waals surface area contributed by atoms with Crippen LogP contribution in [0.1, 0.15) is 0 Å². The molecule has 1 aromatic heterocycles. The Balaban J connectivity index is 2.06. The first kappa shape index (κ1) is 9.41. The topological polar surface area (TPSA) is 60.3 Å². The average molecular weight is 236 g/mol. The summed E-state index contributed by atoms with van der Waals surface area (Å²) in [6.45, 7) is 1.13. The van der Waals surface area contributed by atoms with Gasteiger partial charge in [-0.1, -0.05) is 0 Å². The Labute approximate surface area is 96.0 Å². The quantitative estimate of drug-likeness (QED) is 0.769. The lowest BCUT2D eigenvalue weighted by Gasteiger charge is -2.18. The molecule has 0 unspecified atom stereocenters. The lowest BCUT2D eigenvalue weighted by atomic mass is 10.2. The maximum Gasteiger partial charge on any atom is 0.284 e. The zero-order valence-electron chi connectivity index (χ0n) is 8.23. The summed E-state index contributed by atoms with van der Waals surface area (Å²) in [6, 6.07) is 5.50. The van der Waals surface area contributed by atoms with Crippen molar-refractivity contribution >= 4 is 12.2 Å². The Morgan fingerprint density at radius 3 is 2.75 bits per heavy atom. The van der Waals surface area contributed by atoms with Gasteiger partial charge in [-0.2, -0.15) is 0 Å². The van der Waals surface area contributed by atoms with Crippen molar-refractivity contribution < 1.29 is 13.9 Å². The van der Waals surface area contributed by atoms with Gasteiger partial charge in [0.15, 0.2) is 11.5 Å². The predicted molar refractivity (Wildman–Crippen MR) is 58.1 cm³/mol. The van der Waals surface area contributed by atoms with E-state index in [0.29, 0.717) is 24.9 Å². The highest BCUT2D eigenvalue weighted by molar-refractivity contribution is 7.71. The molecule has 1 aromatic carbocycles. The number of hydrogen-bond acceptors (Lipinski definition) is 5. The lowest BCUT2D eigenvalue weighted by molar-refractivity contribution is 0.171. The number of aromatic amines is 1. The molecule has 16 heavy (non-hydrogen) atoms. The standard InChI is InChI=1S/C10H8N2O3S/c16-10-12-11-9(15-10)6-1-2-7-8(5-6)14-4-3-13-7/h1-2,5H,3-4H2,(H,12,16). The molecule has 0 saturated heterocycles. The Kier molecular flexibility index (Phi) is 2.14. The van der Waals surface area contributed by atoms with Crippen molar-refractivity contribution in [1.82, 2.24) is 10.2 Å². The first-order chi connectivity index (χ1) is 7.83. The smallest absolute Gasteiger partial charge is 0.284 e. The van der Waals surface area contributed by atoms with Crippen molar-refractivity contribution in [2.75, 3.05) is 13.2 Å². The number of rotatable bonds is 1. The van der Waals surface area contributed by atoms with E-state index in [2.05, 4.69) is 10.2 Å². The van der Waals surface area contributed by atoms with Crippen LogP contribution in [0, 0.1) is 4.84 Å².